The molecular weight excluding hydrogens is 242 g/mol. The Balaban J connectivity index is 1.88. The third-order valence-corrected chi connectivity index (χ3v) is 3.88. The molecule has 2 rings (SSSR count). The molecule has 0 unspecified atom stereocenters. The third-order valence-electron chi connectivity index (χ3n) is 3.88. The maximum atomic E-state index is 10.6. The van der Waals surface area contributed by atoms with E-state index in [0.717, 1.165) is 49.6 Å². The lowest BCUT2D eigenvalue weighted by Gasteiger charge is -2.32. The molecule has 5 heteroatoms. The van der Waals surface area contributed by atoms with Gasteiger partial charge >= 0.3 is 5.97 Å². The van der Waals surface area contributed by atoms with Crippen LogP contribution in [0.25, 0.3) is 0 Å². The minimum absolute atomic E-state index is 0.286. The van der Waals surface area contributed by atoms with Crippen LogP contribution in [0.2, 0.25) is 0 Å². The highest BCUT2D eigenvalue weighted by Gasteiger charge is 2.21. The Morgan fingerprint density at radius 1 is 1.37 bits per heavy atom. The number of aromatic nitrogens is 2. The lowest BCUT2D eigenvalue weighted by molar-refractivity contribution is -0.137. The van der Waals surface area contributed by atoms with Crippen LogP contribution in [0.15, 0.2) is 6.20 Å². The summed E-state index contributed by atoms with van der Waals surface area (Å²) in [7, 11) is 0. The minimum Gasteiger partial charge on any atom is -0.481 e. The summed E-state index contributed by atoms with van der Waals surface area (Å²) < 4.78 is 0. The second-order valence-corrected chi connectivity index (χ2v) is 5.26. The van der Waals surface area contributed by atoms with Crippen LogP contribution in [-0.4, -0.2) is 34.1 Å². The van der Waals surface area contributed by atoms with Gasteiger partial charge in [-0.2, -0.15) is 0 Å². The van der Waals surface area contributed by atoms with Crippen LogP contribution in [0.4, 0.5) is 5.82 Å². The third kappa shape index (κ3) is 3.66. The number of carbonyl (C=O) groups is 1. The second-order valence-electron chi connectivity index (χ2n) is 5.26. The molecule has 0 radical (unpaired) electrons. The zero-order valence-electron chi connectivity index (χ0n) is 11.6. The predicted molar refractivity (Wildman–Crippen MR) is 73.3 cm³/mol. The fraction of sp³-hybridized carbons (Fsp3) is 0.643. The highest BCUT2D eigenvalue weighted by molar-refractivity contribution is 5.66. The molecule has 0 amide bonds. The fourth-order valence-corrected chi connectivity index (χ4v) is 2.46. The molecule has 104 valence electrons. The summed E-state index contributed by atoms with van der Waals surface area (Å²) in [6, 6.07) is 0. The average molecular weight is 263 g/mol. The monoisotopic (exact) mass is 263 g/mol. The zero-order chi connectivity index (χ0) is 13.8. The van der Waals surface area contributed by atoms with Crippen molar-refractivity contribution in [2.45, 2.75) is 39.5 Å². The fourth-order valence-electron chi connectivity index (χ4n) is 2.46. The van der Waals surface area contributed by atoms with Gasteiger partial charge in [0.2, 0.25) is 0 Å². The van der Waals surface area contributed by atoms with E-state index >= 15 is 0 Å². The van der Waals surface area contributed by atoms with Crippen LogP contribution < -0.4 is 4.90 Å². The number of nitrogens with zero attached hydrogens (tertiary/aromatic N) is 3. The molecule has 0 atom stereocenters. The van der Waals surface area contributed by atoms with Crippen molar-refractivity contribution in [1.82, 2.24) is 9.97 Å². The molecule has 0 saturated carbocycles. The highest BCUT2D eigenvalue weighted by Crippen LogP contribution is 2.25. The van der Waals surface area contributed by atoms with Crippen LogP contribution in [0, 0.1) is 19.8 Å². The van der Waals surface area contributed by atoms with E-state index in [9.17, 15) is 4.79 Å². The van der Waals surface area contributed by atoms with E-state index in [1.165, 1.54) is 0 Å². The maximum absolute atomic E-state index is 10.6. The van der Waals surface area contributed by atoms with Gasteiger partial charge in [-0.25, -0.2) is 4.98 Å². The number of hydrogen-bond acceptors (Lipinski definition) is 4. The summed E-state index contributed by atoms with van der Waals surface area (Å²) in [6.07, 6.45) is 5.00. The second kappa shape index (κ2) is 5.99. The van der Waals surface area contributed by atoms with Crippen LogP contribution in [0.5, 0.6) is 0 Å². The van der Waals surface area contributed by atoms with Crippen molar-refractivity contribution < 1.29 is 9.90 Å². The first-order valence-electron chi connectivity index (χ1n) is 6.83. The van der Waals surface area contributed by atoms with Gasteiger partial charge in [0, 0.05) is 19.5 Å². The van der Waals surface area contributed by atoms with Crippen LogP contribution >= 0.6 is 0 Å². The highest BCUT2D eigenvalue weighted by atomic mass is 16.4. The number of piperidine rings is 1. The van der Waals surface area contributed by atoms with Crippen LogP contribution in [0.3, 0.4) is 0 Å². The first-order valence-corrected chi connectivity index (χ1v) is 6.83. The van der Waals surface area contributed by atoms with Crippen molar-refractivity contribution in [1.29, 1.82) is 0 Å². The Kier molecular flexibility index (Phi) is 4.35. The van der Waals surface area contributed by atoms with Crippen LogP contribution in [-0.2, 0) is 4.79 Å². The van der Waals surface area contributed by atoms with Crippen molar-refractivity contribution in [3.63, 3.8) is 0 Å². The number of anilines is 1. The standard InChI is InChI=1S/C14H21N3O2/c1-10-11(2)16-13(9-15-10)17-7-5-12(6-8-17)3-4-14(18)19/h9,12H,3-8H2,1-2H3,(H,18,19). The SMILES string of the molecule is Cc1ncc(N2CCC(CCC(=O)O)CC2)nc1C. The number of carboxylic acids is 1. The molecule has 0 aliphatic carbocycles. The molecule has 19 heavy (non-hydrogen) atoms. The first kappa shape index (κ1) is 13.8. The normalized spacial score (nSPS) is 16.6. The first-order chi connectivity index (χ1) is 9.06. The molecule has 1 aromatic heterocycles. The van der Waals surface area contributed by atoms with Gasteiger partial charge in [0.1, 0.15) is 5.82 Å². The summed E-state index contributed by atoms with van der Waals surface area (Å²) in [4.78, 5) is 21.7. The minimum atomic E-state index is -0.692. The number of rotatable bonds is 4. The molecule has 1 N–H and O–H groups in total. The van der Waals surface area contributed by atoms with Gasteiger partial charge in [-0.1, -0.05) is 0 Å². The molecule has 1 saturated heterocycles. The lowest BCUT2D eigenvalue weighted by Crippen LogP contribution is -2.34. The van der Waals surface area contributed by atoms with E-state index in [4.69, 9.17) is 5.11 Å². The molecule has 1 aromatic rings. The van der Waals surface area contributed by atoms with Crippen molar-refractivity contribution in [2.75, 3.05) is 18.0 Å². The van der Waals surface area contributed by atoms with Gasteiger partial charge in [-0.15, -0.1) is 0 Å². The Hall–Kier alpha value is -1.65. The molecule has 1 fully saturated rings. The van der Waals surface area contributed by atoms with E-state index in [1.54, 1.807) is 0 Å². The molecule has 0 aromatic carbocycles. The van der Waals surface area contributed by atoms with E-state index in [2.05, 4.69) is 14.9 Å². The Bertz CT molecular complexity index is 454. The van der Waals surface area contributed by atoms with Gasteiger partial charge in [0.05, 0.1) is 17.6 Å². The van der Waals surface area contributed by atoms with E-state index in [0.29, 0.717) is 5.92 Å². The smallest absolute Gasteiger partial charge is 0.303 e. The Labute approximate surface area is 113 Å². The molecule has 1 aliphatic rings. The average Bonchev–Trinajstić information content (AvgIpc) is 2.40. The predicted octanol–water partition coefficient (Wildman–Crippen LogP) is 2.17. The molecule has 0 bridgehead atoms. The van der Waals surface area contributed by atoms with Gasteiger partial charge in [0.25, 0.3) is 0 Å². The quantitative estimate of drug-likeness (QED) is 0.901. The van der Waals surface area contributed by atoms with Crippen molar-refractivity contribution in [2.24, 2.45) is 5.92 Å². The van der Waals surface area contributed by atoms with Crippen molar-refractivity contribution in [3.8, 4) is 0 Å². The number of carboxylic acid groups (broad SMARTS) is 1. The van der Waals surface area contributed by atoms with Gasteiger partial charge in [0.15, 0.2) is 0 Å². The number of aryl methyl sites for hydroxylation is 2. The summed E-state index contributed by atoms with van der Waals surface area (Å²) >= 11 is 0. The molecule has 0 spiro atoms. The van der Waals surface area contributed by atoms with Gasteiger partial charge < -0.3 is 10.0 Å². The van der Waals surface area contributed by atoms with Crippen molar-refractivity contribution >= 4 is 11.8 Å². The van der Waals surface area contributed by atoms with E-state index in [1.807, 2.05) is 20.0 Å². The van der Waals surface area contributed by atoms with Crippen LogP contribution in [0.1, 0.15) is 37.1 Å². The summed E-state index contributed by atoms with van der Waals surface area (Å²) in [6.45, 7) is 5.83. The molecule has 5 nitrogen and oxygen atoms in total. The Morgan fingerprint density at radius 2 is 2.05 bits per heavy atom. The van der Waals surface area contributed by atoms with Gasteiger partial charge in [-0.3, -0.25) is 9.78 Å². The summed E-state index contributed by atoms with van der Waals surface area (Å²) in [5.41, 5.74) is 1.95. The zero-order valence-corrected chi connectivity index (χ0v) is 11.6. The summed E-state index contributed by atoms with van der Waals surface area (Å²) in [5, 5.41) is 8.70. The molecule has 2 heterocycles. The number of aliphatic carboxylic acids is 1. The largest absolute Gasteiger partial charge is 0.481 e. The lowest BCUT2D eigenvalue weighted by atomic mass is 9.92. The maximum Gasteiger partial charge on any atom is 0.303 e. The Morgan fingerprint density at radius 3 is 2.63 bits per heavy atom. The molecule has 1 aliphatic heterocycles. The number of hydrogen-bond donors (Lipinski definition) is 1. The molecular formula is C14H21N3O2. The van der Waals surface area contributed by atoms with E-state index in [-0.39, 0.29) is 6.42 Å². The van der Waals surface area contributed by atoms with E-state index < -0.39 is 5.97 Å². The van der Waals surface area contributed by atoms with Crippen molar-refractivity contribution in [3.05, 3.63) is 17.6 Å². The topological polar surface area (TPSA) is 66.3 Å². The summed E-state index contributed by atoms with van der Waals surface area (Å²) in [5.74, 6) is 0.786. The van der Waals surface area contributed by atoms with Gasteiger partial charge in [-0.05, 0) is 39.0 Å².